The molecule has 3 amide bonds. The Morgan fingerprint density at radius 3 is 0.673 bits per heavy atom. The van der Waals surface area contributed by atoms with Crippen molar-refractivity contribution in [3.05, 3.63) is 121 Å². The number of rotatable bonds is 6. The van der Waals surface area contributed by atoms with E-state index < -0.39 is 0 Å². The lowest BCUT2D eigenvalue weighted by atomic mass is 10.1. The van der Waals surface area contributed by atoms with Crippen molar-refractivity contribution in [3.63, 3.8) is 0 Å². The van der Waals surface area contributed by atoms with Crippen LogP contribution in [0.25, 0.3) is 22.3 Å². The summed E-state index contributed by atoms with van der Waals surface area (Å²) in [5.74, 6) is 0.382. The van der Waals surface area contributed by atoms with E-state index in [2.05, 4.69) is 109 Å². The maximum absolute atomic E-state index is 10.3. The van der Waals surface area contributed by atoms with Crippen LogP contribution in [0.15, 0.2) is 121 Å². The highest BCUT2D eigenvalue weighted by Crippen LogP contribution is 2.18. The zero-order valence-electron chi connectivity index (χ0n) is 31.9. The van der Waals surface area contributed by atoms with Gasteiger partial charge in [-0.2, -0.15) is 0 Å². The molecule has 0 aliphatic rings. The predicted molar refractivity (Wildman–Crippen MR) is 210 cm³/mol. The van der Waals surface area contributed by atoms with Crippen LogP contribution in [0.2, 0.25) is 0 Å². The van der Waals surface area contributed by atoms with Gasteiger partial charge in [0.2, 0.25) is 17.7 Å². The first-order chi connectivity index (χ1) is 23.4. The van der Waals surface area contributed by atoms with Crippen LogP contribution in [0, 0.1) is 0 Å². The molecule has 7 nitrogen and oxygen atoms in total. The topological polar surface area (TPSA) is 73.0 Å². The van der Waals surface area contributed by atoms with Gasteiger partial charge in [0.15, 0.2) is 0 Å². The molecule has 0 atom stereocenters. The molecule has 0 aromatic heterocycles. The molecule has 268 valence electrons. The minimum Gasteiger partial charge on any atom is -0.346 e. The number of nitrogens with one attached hydrogen (secondary N) is 1. The van der Waals surface area contributed by atoms with Gasteiger partial charge in [0, 0.05) is 61.5 Å². The Labute approximate surface area is 298 Å². The van der Waals surface area contributed by atoms with Crippen molar-refractivity contribution in [2.24, 2.45) is 0 Å². The van der Waals surface area contributed by atoms with Crippen LogP contribution in [-0.2, 0) is 14.4 Å². The molecular formula is C42H62N4O3. The number of benzene rings is 4. The van der Waals surface area contributed by atoms with Gasteiger partial charge in [-0.25, -0.2) is 0 Å². The summed E-state index contributed by atoms with van der Waals surface area (Å²) in [4.78, 5) is 35.9. The highest BCUT2D eigenvalue weighted by Gasteiger charge is 1.95. The second-order valence-electron chi connectivity index (χ2n) is 10.8. The third-order valence-corrected chi connectivity index (χ3v) is 7.15. The molecule has 0 spiro atoms. The lowest BCUT2D eigenvalue weighted by molar-refractivity contribution is -0.128. The van der Waals surface area contributed by atoms with Crippen molar-refractivity contribution in [3.8, 4) is 22.3 Å². The molecule has 0 bridgehead atoms. The van der Waals surface area contributed by atoms with E-state index in [1.807, 2.05) is 52.1 Å². The maximum Gasteiger partial charge on any atom is 0.219 e. The lowest BCUT2D eigenvalue weighted by Gasteiger charge is -2.09. The molecule has 0 radical (unpaired) electrons. The summed E-state index contributed by atoms with van der Waals surface area (Å²) in [5, 5.41) is 2.93. The smallest absolute Gasteiger partial charge is 0.219 e. The van der Waals surface area contributed by atoms with E-state index in [1.54, 1.807) is 56.6 Å². The molecule has 0 unspecified atom stereocenters. The minimum absolute atomic E-state index is 0.127. The van der Waals surface area contributed by atoms with Crippen molar-refractivity contribution in [1.29, 1.82) is 0 Å². The Morgan fingerprint density at radius 1 is 0.429 bits per heavy atom. The summed E-state index contributed by atoms with van der Waals surface area (Å²) < 4.78 is 0. The first kappa shape index (κ1) is 46.4. The molecule has 49 heavy (non-hydrogen) atoms. The zero-order chi connectivity index (χ0) is 37.5. The third kappa shape index (κ3) is 25.0. The number of amides is 3. The van der Waals surface area contributed by atoms with Crippen molar-refractivity contribution < 1.29 is 14.4 Å². The molecule has 0 aliphatic heterocycles. The van der Waals surface area contributed by atoms with Crippen molar-refractivity contribution in [1.82, 2.24) is 20.0 Å². The van der Waals surface area contributed by atoms with E-state index in [0.717, 1.165) is 26.2 Å². The largest absolute Gasteiger partial charge is 0.346 e. The minimum atomic E-state index is 0.127. The van der Waals surface area contributed by atoms with E-state index in [9.17, 15) is 14.4 Å². The molecule has 0 heterocycles. The van der Waals surface area contributed by atoms with Gasteiger partial charge in [-0.1, -0.05) is 128 Å². The van der Waals surface area contributed by atoms with Gasteiger partial charge in [-0.15, -0.1) is 0 Å². The molecule has 0 aliphatic carbocycles. The number of carbonyl (C=O) groups is 3. The number of hydrogen-bond acceptors (Lipinski definition) is 4. The maximum atomic E-state index is 10.3. The highest BCUT2D eigenvalue weighted by atomic mass is 16.2. The van der Waals surface area contributed by atoms with Crippen LogP contribution < -0.4 is 5.32 Å². The Balaban J connectivity index is 0. The van der Waals surface area contributed by atoms with Gasteiger partial charge < -0.3 is 20.0 Å². The van der Waals surface area contributed by atoms with E-state index in [-0.39, 0.29) is 17.7 Å². The van der Waals surface area contributed by atoms with Crippen molar-refractivity contribution in [2.75, 3.05) is 54.4 Å². The van der Waals surface area contributed by atoms with Crippen molar-refractivity contribution >= 4 is 17.7 Å². The molecule has 4 aromatic rings. The van der Waals surface area contributed by atoms with E-state index in [4.69, 9.17) is 0 Å². The Kier molecular flexibility index (Phi) is 28.9. The van der Waals surface area contributed by atoms with Crippen LogP contribution in [0.4, 0.5) is 0 Å². The van der Waals surface area contributed by atoms with E-state index >= 15 is 0 Å². The fourth-order valence-electron chi connectivity index (χ4n) is 3.19. The lowest BCUT2D eigenvalue weighted by Crippen LogP contribution is -2.22. The summed E-state index contributed by atoms with van der Waals surface area (Å²) in [6, 6.07) is 41.6. The molecular weight excluding hydrogens is 608 g/mol. The van der Waals surface area contributed by atoms with Gasteiger partial charge in [-0.05, 0) is 56.6 Å². The average molecular weight is 671 g/mol. The van der Waals surface area contributed by atoms with Gasteiger partial charge in [-0.3, -0.25) is 14.4 Å². The van der Waals surface area contributed by atoms with E-state index in [0.29, 0.717) is 0 Å². The summed E-state index contributed by atoms with van der Waals surface area (Å²) in [7, 11) is 7.27. The summed E-state index contributed by atoms with van der Waals surface area (Å²) >= 11 is 0. The molecule has 0 saturated carbocycles. The number of nitrogens with zero attached hydrogens (tertiary/aromatic N) is 3. The first-order valence-electron chi connectivity index (χ1n) is 16.9. The van der Waals surface area contributed by atoms with Gasteiger partial charge in [0.1, 0.15) is 0 Å². The molecule has 0 saturated heterocycles. The second-order valence-corrected chi connectivity index (χ2v) is 10.8. The van der Waals surface area contributed by atoms with Gasteiger partial charge >= 0.3 is 0 Å². The van der Waals surface area contributed by atoms with Crippen LogP contribution in [0.3, 0.4) is 0 Å². The Morgan fingerprint density at radius 2 is 0.592 bits per heavy atom. The van der Waals surface area contributed by atoms with Crippen LogP contribution in [0.1, 0.15) is 48.5 Å². The number of hydrogen-bond donors (Lipinski definition) is 1. The molecule has 4 aromatic carbocycles. The Bertz CT molecular complexity index is 1150. The van der Waals surface area contributed by atoms with Crippen LogP contribution >= 0.6 is 0 Å². The highest BCUT2D eigenvalue weighted by molar-refractivity contribution is 5.73. The van der Waals surface area contributed by atoms with E-state index in [1.165, 1.54) is 22.3 Å². The number of carbonyl (C=O) groups excluding carboxylic acids is 3. The summed E-state index contributed by atoms with van der Waals surface area (Å²) in [6.45, 7) is 16.1. The summed E-state index contributed by atoms with van der Waals surface area (Å²) in [6.07, 6.45) is 0. The quantitative estimate of drug-likeness (QED) is 0.224. The third-order valence-electron chi connectivity index (χ3n) is 7.15. The molecule has 4 rings (SSSR count). The Hall–Kier alpha value is -4.75. The monoisotopic (exact) mass is 670 g/mol. The fraction of sp³-hybridized carbons (Fsp3) is 0.357. The molecule has 7 heteroatoms. The zero-order valence-corrected chi connectivity index (χ0v) is 31.9. The molecule has 1 N–H and O–H groups in total. The summed E-state index contributed by atoms with van der Waals surface area (Å²) in [5.41, 5.74) is 5.10. The normalized spacial score (nSPS) is 8.96. The van der Waals surface area contributed by atoms with Crippen molar-refractivity contribution in [2.45, 2.75) is 48.5 Å². The van der Waals surface area contributed by atoms with Gasteiger partial charge in [0.05, 0.1) is 0 Å². The van der Waals surface area contributed by atoms with Gasteiger partial charge in [0.25, 0.3) is 0 Å². The van der Waals surface area contributed by atoms with Crippen LogP contribution in [-0.4, -0.2) is 86.8 Å². The standard InChI is InChI=1S/2C12H10.3C5H11NO.C3H9N/c2*1-3-7-11(8-4-1)12-9-5-2-6-10-12;3*1-4-6(3)5(2)7;1-3-4-2/h2*1-10H;3*4H2,1-3H3;4H,3H2,1-2H3. The first-order valence-corrected chi connectivity index (χ1v) is 16.9. The SMILES string of the molecule is CCN(C)C(C)=O.CCN(C)C(C)=O.CCN(C)C(C)=O.CCNC.c1ccc(-c2ccccc2)cc1.c1ccc(-c2ccccc2)cc1. The predicted octanol–water partition coefficient (Wildman–Crippen LogP) is 8.39. The second kappa shape index (κ2) is 30.6. The fourth-order valence-corrected chi connectivity index (χ4v) is 3.19. The molecule has 0 fully saturated rings. The average Bonchev–Trinajstić information content (AvgIpc) is 3.16. The van der Waals surface area contributed by atoms with Crippen LogP contribution in [0.5, 0.6) is 0 Å².